The summed E-state index contributed by atoms with van der Waals surface area (Å²) in [5.41, 5.74) is 3.53. The predicted octanol–water partition coefficient (Wildman–Crippen LogP) is 2.73. The Hall–Kier alpha value is -2.76. The lowest BCUT2D eigenvalue weighted by Gasteiger charge is -2.14. The van der Waals surface area contributed by atoms with Gasteiger partial charge in [-0.25, -0.2) is 9.50 Å². The second-order valence-corrected chi connectivity index (χ2v) is 4.76. The number of hydrogen-bond acceptors (Lipinski definition) is 5. The summed E-state index contributed by atoms with van der Waals surface area (Å²) < 4.78 is 18.0. The Morgan fingerprint density at radius 3 is 2.27 bits per heavy atom. The van der Waals surface area contributed by atoms with Crippen LogP contribution in [0.25, 0.3) is 16.8 Å². The van der Waals surface area contributed by atoms with Gasteiger partial charge in [-0.15, -0.1) is 0 Å². The fraction of sp³-hybridized carbons (Fsp3) is 0.250. The van der Waals surface area contributed by atoms with Crippen LogP contribution in [0, 0.1) is 6.92 Å². The Morgan fingerprint density at radius 2 is 1.68 bits per heavy atom. The zero-order chi connectivity index (χ0) is 15.7. The average Bonchev–Trinajstić information content (AvgIpc) is 2.89. The van der Waals surface area contributed by atoms with Gasteiger partial charge in [0.25, 0.3) is 0 Å². The molecule has 6 heteroatoms. The number of fused-ring (bicyclic) bond motifs is 1. The van der Waals surface area contributed by atoms with Crippen molar-refractivity contribution in [1.29, 1.82) is 0 Å². The third-order valence-corrected chi connectivity index (χ3v) is 3.52. The molecule has 2 aromatic heterocycles. The molecule has 2 heterocycles. The molecule has 3 aromatic rings. The molecule has 0 fully saturated rings. The maximum Gasteiger partial charge on any atom is 0.203 e. The lowest BCUT2D eigenvalue weighted by Crippen LogP contribution is -1.96. The van der Waals surface area contributed by atoms with Gasteiger partial charge >= 0.3 is 0 Å². The number of methoxy groups -OCH3 is 3. The maximum absolute atomic E-state index is 5.42. The van der Waals surface area contributed by atoms with Gasteiger partial charge in [-0.05, 0) is 30.7 Å². The van der Waals surface area contributed by atoms with Crippen molar-refractivity contribution in [3.8, 4) is 28.4 Å². The van der Waals surface area contributed by atoms with Crippen LogP contribution in [-0.2, 0) is 0 Å². The molecule has 1 aromatic carbocycles. The molecular weight excluding hydrogens is 282 g/mol. The summed E-state index contributed by atoms with van der Waals surface area (Å²) in [6.45, 7) is 1.95. The molecule has 0 spiro atoms. The lowest BCUT2D eigenvalue weighted by atomic mass is 10.0. The van der Waals surface area contributed by atoms with Gasteiger partial charge in [0.1, 0.15) is 0 Å². The second-order valence-electron chi connectivity index (χ2n) is 4.76. The molecule has 6 nitrogen and oxygen atoms in total. The van der Waals surface area contributed by atoms with Gasteiger partial charge in [-0.2, -0.15) is 5.10 Å². The number of benzene rings is 1. The monoisotopic (exact) mass is 299 g/mol. The highest BCUT2D eigenvalue weighted by Crippen LogP contribution is 2.42. The molecule has 22 heavy (non-hydrogen) atoms. The van der Waals surface area contributed by atoms with Crippen molar-refractivity contribution in [3.05, 3.63) is 36.3 Å². The molecular formula is C16H17N3O3. The quantitative estimate of drug-likeness (QED) is 0.741. The third kappa shape index (κ3) is 2.13. The van der Waals surface area contributed by atoms with Gasteiger partial charge in [0.2, 0.25) is 5.75 Å². The van der Waals surface area contributed by atoms with E-state index in [1.807, 2.05) is 31.3 Å². The van der Waals surface area contributed by atoms with Crippen molar-refractivity contribution in [1.82, 2.24) is 14.6 Å². The Kier molecular flexibility index (Phi) is 3.58. The highest BCUT2D eigenvalue weighted by molar-refractivity contribution is 5.82. The van der Waals surface area contributed by atoms with Crippen molar-refractivity contribution in [2.24, 2.45) is 0 Å². The molecule has 0 saturated heterocycles. The van der Waals surface area contributed by atoms with Crippen molar-refractivity contribution < 1.29 is 14.2 Å². The molecule has 0 amide bonds. The summed E-state index contributed by atoms with van der Waals surface area (Å²) in [4.78, 5) is 4.42. The van der Waals surface area contributed by atoms with Gasteiger partial charge in [-0.3, -0.25) is 0 Å². The molecule has 0 aliphatic rings. The van der Waals surface area contributed by atoms with Crippen molar-refractivity contribution in [2.75, 3.05) is 21.3 Å². The highest BCUT2D eigenvalue weighted by Gasteiger charge is 2.18. The van der Waals surface area contributed by atoms with Crippen LogP contribution in [-0.4, -0.2) is 35.9 Å². The third-order valence-electron chi connectivity index (χ3n) is 3.52. The van der Waals surface area contributed by atoms with E-state index in [9.17, 15) is 0 Å². The first-order valence-corrected chi connectivity index (χ1v) is 6.80. The van der Waals surface area contributed by atoms with Crippen LogP contribution >= 0.6 is 0 Å². The van der Waals surface area contributed by atoms with Crippen LogP contribution < -0.4 is 14.2 Å². The van der Waals surface area contributed by atoms with Crippen molar-refractivity contribution in [2.45, 2.75) is 6.92 Å². The van der Waals surface area contributed by atoms with E-state index in [-0.39, 0.29) is 0 Å². The van der Waals surface area contributed by atoms with Gasteiger partial charge in [0.15, 0.2) is 17.1 Å². The lowest BCUT2D eigenvalue weighted by molar-refractivity contribution is 0.324. The molecule has 3 rings (SSSR count). The minimum atomic E-state index is 0.566. The first kappa shape index (κ1) is 14.2. The number of hydrogen-bond donors (Lipinski definition) is 0. The zero-order valence-electron chi connectivity index (χ0n) is 13.0. The Balaban J connectivity index is 2.29. The molecule has 0 radical (unpaired) electrons. The van der Waals surface area contributed by atoms with Crippen LogP contribution in [0.15, 0.2) is 30.6 Å². The highest BCUT2D eigenvalue weighted by atomic mass is 16.5. The molecule has 0 aliphatic heterocycles. The van der Waals surface area contributed by atoms with E-state index in [2.05, 4.69) is 10.1 Å². The summed E-state index contributed by atoms with van der Waals surface area (Å²) in [6, 6.07) is 5.65. The van der Waals surface area contributed by atoms with E-state index in [4.69, 9.17) is 14.2 Å². The van der Waals surface area contributed by atoms with E-state index >= 15 is 0 Å². The molecule has 114 valence electrons. The van der Waals surface area contributed by atoms with Gasteiger partial charge < -0.3 is 14.2 Å². The molecule has 0 bridgehead atoms. The van der Waals surface area contributed by atoms with E-state index in [1.165, 1.54) is 0 Å². The Morgan fingerprint density at radius 1 is 1.00 bits per heavy atom. The number of rotatable bonds is 4. The van der Waals surface area contributed by atoms with Crippen LogP contribution in [0.4, 0.5) is 0 Å². The first-order valence-electron chi connectivity index (χ1n) is 6.80. The fourth-order valence-electron chi connectivity index (χ4n) is 2.56. The van der Waals surface area contributed by atoms with Crippen LogP contribution in [0.2, 0.25) is 0 Å². The molecule has 0 N–H and O–H groups in total. The van der Waals surface area contributed by atoms with Crippen LogP contribution in [0.5, 0.6) is 17.2 Å². The molecule has 0 unspecified atom stereocenters. The minimum absolute atomic E-state index is 0.566. The van der Waals surface area contributed by atoms with E-state index < -0.39 is 0 Å². The number of aryl methyl sites for hydroxylation is 1. The van der Waals surface area contributed by atoms with Gasteiger partial charge in [0.05, 0.1) is 27.0 Å². The van der Waals surface area contributed by atoms with E-state index in [1.54, 1.807) is 32.0 Å². The Labute approximate surface area is 128 Å². The molecule has 0 aliphatic carbocycles. The number of ether oxygens (including phenoxy) is 3. The number of nitrogens with zero attached hydrogens (tertiary/aromatic N) is 3. The standard InChI is InChI=1S/C16H17N3O3/c1-10-14(16-17-6-5-7-19(16)18-10)11-8-12(20-2)15(22-4)13(9-11)21-3/h5-9H,1-4H3. The topological polar surface area (TPSA) is 57.9 Å². The normalized spacial score (nSPS) is 10.7. The van der Waals surface area contributed by atoms with E-state index in [0.29, 0.717) is 17.2 Å². The smallest absolute Gasteiger partial charge is 0.203 e. The summed E-state index contributed by atoms with van der Waals surface area (Å²) in [5, 5.41) is 4.48. The Bertz CT molecular complexity index is 802. The average molecular weight is 299 g/mol. The predicted molar refractivity (Wildman–Crippen MR) is 82.8 cm³/mol. The van der Waals surface area contributed by atoms with Crippen molar-refractivity contribution in [3.63, 3.8) is 0 Å². The van der Waals surface area contributed by atoms with Crippen LogP contribution in [0.1, 0.15) is 5.69 Å². The van der Waals surface area contributed by atoms with Gasteiger partial charge in [0, 0.05) is 18.0 Å². The largest absolute Gasteiger partial charge is 0.493 e. The first-order chi connectivity index (χ1) is 10.7. The zero-order valence-corrected chi connectivity index (χ0v) is 13.0. The fourth-order valence-corrected chi connectivity index (χ4v) is 2.56. The van der Waals surface area contributed by atoms with Crippen molar-refractivity contribution >= 4 is 5.65 Å². The second kappa shape index (κ2) is 5.55. The summed E-state index contributed by atoms with van der Waals surface area (Å²) in [5.74, 6) is 1.77. The summed E-state index contributed by atoms with van der Waals surface area (Å²) >= 11 is 0. The molecule has 0 atom stereocenters. The van der Waals surface area contributed by atoms with Gasteiger partial charge in [-0.1, -0.05) is 0 Å². The summed E-state index contributed by atoms with van der Waals surface area (Å²) in [6.07, 6.45) is 3.62. The van der Waals surface area contributed by atoms with Crippen LogP contribution in [0.3, 0.4) is 0 Å². The SMILES string of the molecule is COc1cc(-c2c(C)nn3cccnc23)cc(OC)c1OC. The maximum atomic E-state index is 5.42. The summed E-state index contributed by atoms with van der Waals surface area (Å²) in [7, 11) is 4.78. The number of aromatic nitrogens is 3. The molecule has 0 saturated carbocycles. The minimum Gasteiger partial charge on any atom is -0.493 e. The van der Waals surface area contributed by atoms with E-state index in [0.717, 1.165) is 22.5 Å².